The number of carbonyl (C=O) groups excluding carboxylic acids is 1. The summed E-state index contributed by atoms with van der Waals surface area (Å²) in [4.78, 5) is 12.3. The maximum atomic E-state index is 12.3. The van der Waals surface area contributed by atoms with Crippen molar-refractivity contribution in [1.82, 2.24) is 5.32 Å². The quantitative estimate of drug-likeness (QED) is 0.336. The molecule has 1 unspecified atom stereocenters. The van der Waals surface area contributed by atoms with Crippen molar-refractivity contribution < 1.29 is 4.79 Å². The highest BCUT2D eigenvalue weighted by Crippen LogP contribution is 2.18. The number of nitrogens with one attached hydrogen (secondary N) is 1. The van der Waals surface area contributed by atoms with Crippen LogP contribution in [-0.4, -0.2) is 12.5 Å². The molecular weight excluding hydrogens is 270 g/mol. The van der Waals surface area contributed by atoms with Gasteiger partial charge in [-0.25, -0.2) is 0 Å². The van der Waals surface area contributed by atoms with Crippen LogP contribution in [0.15, 0.2) is 0 Å². The largest absolute Gasteiger partial charge is 0.356 e. The highest BCUT2D eigenvalue weighted by molar-refractivity contribution is 5.78. The molecular formula is C20H41NO. The van der Waals surface area contributed by atoms with E-state index in [4.69, 9.17) is 0 Å². The minimum absolute atomic E-state index is 0.261. The summed E-state index contributed by atoms with van der Waals surface area (Å²) in [7, 11) is 0. The van der Waals surface area contributed by atoms with Gasteiger partial charge in [0.25, 0.3) is 0 Å². The first-order chi connectivity index (χ1) is 10.8. The molecule has 0 aliphatic heterocycles. The molecule has 0 radical (unpaired) electrons. The molecule has 0 heterocycles. The van der Waals surface area contributed by atoms with E-state index in [0.29, 0.717) is 5.91 Å². The lowest BCUT2D eigenvalue weighted by Crippen LogP contribution is -2.31. The molecule has 0 aliphatic carbocycles. The fourth-order valence-corrected chi connectivity index (χ4v) is 2.91. The highest BCUT2D eigenvalue weighted by Gasteiger charge is 2.16. The lowest BCUT2D eigenvalue weighted by atomic mass is 9.94. The van der Waals surface area contributed by atoms with Crippen LogP contribution in [0.1, 0.15) is 111 Å². The van der Waals surface area contributed by atoms with Crippen LogP contribution in [0.2, 0.25) is 0 Å². The topological polar surface area (TPSA) is 29.1 Å². The van der Waals surface area contributed by atoms with Crippen molar-refractivity contribution in [1.29, 1.82) is 0 Å². The summed E-state index contributed by atoms with van der Waals surface area (Å²) in [6, 6.07) is 0. The first-order valence-corrected chi connectivity index (χ1v) is 10.0. The minimum atomic E-state index is 0.261. The molecule has 1 amide bonds. The Balaban J connectivity index is 3.76. The van der Waals surface area contributed by atoms with Crippen molar-refractivity contribution >= 4 is 5.91 Å². The van der Waals surface area contributed by atoms with Gasteiger partial charge >= 0.3 is 0 Å². The number of amides is 1. The SMILES string of the molecule is CCCCCCCCCCC(CCCC)C(=O)NCCCC. The summed E-state index contributed by atoms with van der Waals surface area (Å²) in [6.45, 7) is 7.50. The van der Waals surface area contributed by atoms with Crippen LogP contribution in [0.25, 0.3) is 0 Å². The third kappa shape index (κ3) is 13.2. The van der Waals surface area contributed by atoms with Gasteiger partial charge in [-0.2, -0.15) is 0 Å². The van der Waals surface area contributed by atoms with E-state index in [0.717, 1.165) is 32.2 Å². The molecule has 0 aliphatic rings. The first-order valence-electron chi connectivity index (χ1n) is 10.0. The molecule has 0 saturated carbocycles. The Labute approximate surface area is 139 Å². The van der Waals surface area contributed by atoms with E-state index in [-0.39, 0.29) is 5.92 Å². The van der Waals surface area contributed by atoms with Crippen LogP contribution in [-0.2, 0) is 4.79 Å². The summed E-state index contributed by atoms with van der Waals surface area (Å²) in [5.41, 5.74) is 0. The number of unbranched alkanes of at least 4 members (excludes halogenated alkanes) is 9. The maximum absolute atomic E-state index is 12.3. The molecule has 2 nitrogen and oxygen atoms in total. The lowest BCUT2D eigenvalue weighted by molar-refractivity contribution is -0.125. The Morgan fingerprint density at radius 2 is 1.18 bits per heavy atom. The van der Waals surface area contributed by atoms with Crippen LogP contribution in [0.4, 0.5) is 0 Å². The van der Waals surface area contributed by atoms with Crippen LogP contribution in [0.5, 0.6) is 0 Å². The van der Waals surface area contributed by atoms with E-state index in [1.54, 1.807) is 0 Å². The van der Waals surface area contributed by atoms with Gasteiger partial charge in [0.1, 0.15) is 0 Å². The molecule has 0 aromatic heterocycles. The van der Waals surface area contributed by atoms with Gasteiger partial charge in [-0.05, 0) is 19.3 Å². The normalized spacial score (nSPS) is 12.3. The second-order valence-electron chi connectivity index (χ2n) is 6.75. The van der Waals surface area contributed by atoms with Crippen molar-refractivity contribution in [3.8, 4) is 0 Å². The molecule has 0 rings (SSSR count). The number of rotatable bonds is 16. The Bertz CT molecular complexity index is 240. The summed E-state index contributed by atoms with van der Waals surface area (Å²) >= 11 is 0. The highest BCUT2D eigenvalue weighted by atomic mass is 16.1. The summed E-state index contributed by atoms with van der Waals surface area (Å²) in [5.74, 6) is 0.571. The number of hydrogen-bond acceptors (Lipinski definition) is 1. The first kappa shape index (κ1) is 21.5. The molecule has 1 atom stereocenters. The fourth-order valence-electron chi connectivity index (χ4n) is 2.91. The van der Waals surface area contributed by atoms with Gasteiger partial charge < -0.3 is 5.32 Å². The predicted octanol–water partition coefficient (Wildman–Crippen LogP) is 6.24. The maximum Gasteiger partial charge on any atom is 0.223 e. The van der Waals surface area contributed by atoms with Crippen LogP contribution in [0.3, 0.4) is 0 Å². The molecule has 2 heteroatoms. The van der Waals surface area contributed by atoms with Crippen LogP contribution < -0.4 is 5.32 Å². The van der Waals surface area contributed by atoms with E-state index in [9.17, 15) is 4.79 Å². The van der Waals surface area contributed by atoms with Gasteiger partial charge in [-0.1, -0.05) is 91.4 Å². The van der Waals surface area contributed by atoms with Crippen molar-refractivity contribution in [3.05, 3.63) is 0 Å². The average Bonchev–Trinajstić information content (AvgIpc) is 2.52. The third-order valence-corrected chi connectivity index (χ3v) is 4.51. The van der Waals surface area contributed by atoms with E-state index in [1.165, 1.54) is 64.2 Å². The fraction of sp³-hybridized carbons (Fsp3) is 0.950. The lowest BCUT2D eigenvalue weighted by Gasteiger charge is -2.16. The predicted molar refractivity (Wildman–Crippen MR) is 98.2 cm³/mol. The zero-order valence-corrected chi connectivity index (χ0v) is 15.6. The van der Waals surface area contributed by atoms with Crippen LogP contribution in [0, 0.1) is 5.92 Å². The monoisotopic (exact) mass is 311 g/mol. The second-order valence-corrected chi connectivity index (χ2v) is 6.75. The Hall–Kier alpha value is -0.530. The van der Waals surface area contributed by atoms with Crippen molar-refractivity contribution in [2.75, 3.05) is 6.54 Å². The molecule has 0 fully saturated rings. The van der Waals surface area contributed by atoms with E-state index in [1.807, 2.05) is 0 Å². The van der Waals surface area contributed by atoms with Crippen molar-refractivity contribution in [2.45, 2.75) is 111 Å². The third-order valence-electron chi connectivity index (χ3n) is 4.51. The Kier molecular flexibility index (Phi) is 16.4. The van der Waals surface area contributed by atoms with Gasteiger partial charge in [0.05, 0.1) is 0 Å². The van der Waals surface area contributed by atoms with Crippen molar-refractivity contribution in [2.24, 2.45) is 5.92 Å². The smallest absolute Gasteiger partial charge is 0.223 e. The number of hydrogen-bond donors (Lipinski definition) is 1. The Morgan fingerprint density at radius 1 is 0.682 bits per heavy atom. The van der Waals surface area contributed by atoms with Gasteiger partial charge in [-0.3, -0.25) is 4.79 Å². The summed E-state index contributed by atoms with van der Waals surface area (Å²) in [5, 5.41) is 3.13. The summed E-state index contributed by atoms with van der Waals surface area (Å²) < 4.78 is 0. The van der Waals surface area contributed by atoms with Gasteiger partial charge in [0.2, 0.25) is 5.91 Å². The van der Waals surface area contributed by atoms with Gasteiger partial charge in [-0.15, -0.1) is 0 Å². The molecule has 132 valence electrons. The summed E-state index contributed by atoms with van der Waals surface area (Å²) in [6.07, 6.45) is 17.5. The van der Waals surface area contributed by atoms with E-state index >= 15 is 0 Å². The average molecular weight is 312 g/mol. The Morgan fingerprint density at radius 3 is 1.77 bits per heavy atom. The molecule has 1 N–H and O–H groups in total. The van der Waals surface area contributed by atoms with Gasteiger partial charge in [0, 0.05) is 12.5 Å². The standard InChI is InChI=1S/C20H41NO/c1-4-7-10-11-12-13-14-15-17-19(16-8-5-2)20(22)21-18-9-6-3/h19H,4-18H2,1-3H3,(H,21,22). The zero-order valence-electron chi connectivity index (χ0n) is 15.6. The number of carbonyl (C=O) groups is 1. The second kappa shape index (κ2) is 16.8. The molecule has 0 saturated heterocycles. The van der Waals surface area contributed by atoms with E-state index in [2.05, 4.69) is 26.1 Å². The van der Waals surface area contributed by atoms with Crippen molar-refractivity contribution in [3.63, 3.8) is 0 Å². The molecule has 0 spiro atoms. The van der Waals surface area contributed by atoms with Crippen LogP contribution >= 0.6 is 0 Å². The molecule has 0 bridgehead atoms. The molecule has 0 aromatic rings. The van der Waals surface area contributed by atoms with E-state index < -0.39 is 0 Å². The zero-order chi connectivity index (χ0) is 16.5. The van der Waals surface area contributed by atoms with Gasteiger partial charge in [0.15, 0.2) is 0 Å². The minimum Gasteiger partial charge on any atom is -0.356 e. The molecule has 0 aromatic carbocycles. The molecule has 22 heavy (non-hydrogen) atoms.